The van der Waals surface area contributed by atoms with E-state index in [9.17, 15) is 9.59 Å². The topological polar surface area (TPSA) is 96.0 Å². The first-order valence-electron chi connectivity index (χ1n) is 8.01. The Labute approximate surface area is 164 Å². The quantitative estimate of drug-likeness (QED) is 0.600. The molecule has 3 amide bonds. The summed E-state index contributed by atoms with van der Waals surface area (Å²) in [5.74, 6) is -0.344. The van der Waals surface area contributed by atoms with E-state index in [4.69, 9.17) is 11.6 Å². The predicted molar refractivity (Wildman–Crippen MR) is 106 cm³/mol. The van der Waals surface area contributed by atoms with Crippen molar-refractivity contribution in [2.45, 2.75) is 13.5 Å². The van der Waals surface area contributed by atoms with Crippen molar-refractivity contribution in [3.8, 4) is 0 Å². The summed E-state index contributed by atoms with van der Waals surface area (Å²) < 4.78 is 0. The molecule has 0 bridgehead atoms. The highest BCUT2D eigenvalue weighted by molar-refractivity contribution is 7.13. The van der Waals surface area contributed by atoms with Crippen LogP contribution in [0.15, 0.2) is 48.5 Å². The molecule has 0 atom stereocenters. The molecule has 0 unspecified atom stereocenters. The molecule has 27 heavy (non-hydrogen) atoms. The zero-order chi connectivity index (χ0) is 19.2. The summed E-state index contributed by atoms with van der Waals surface area (Å²) in [5, 5.41) is 17.2. The van der Waals surface area contributed by atoms with Crippen molar-refractivity contribution in [2.24, 2.45) is 0 Å². The van der Waals surface area contributed by atoms with E-state index in [0.29, 0.717) is 21.4 Å². The van der Waals surface area contributed by atoms with Gasteiger partial charge in [-0.05, 0) is 36.8 Å². The van der Waals surface area contributed by atoms with Gasteiger partial charge in [-0.1, -0.05) is 47.2 Å². The van der Waals surface area contributed by atoms with E-state index in [1.807, 2.05) is 31.2 Å². The van der Waals surface area contributed by atoms with E-state index < -0.39 is 6.03 Å². The summed E-state index contributed by atoms with van der Waals surface area (Å²) in [6.45, 7) is 2.04. The van der Waals surface area contributed by atoms with Gasteiger partial charge in [0.15, 0.2) is 0 Å². The largest absolute Gasteiger partial charge is 0.331 e. The second-order valence-electron chi connectivity index (χ2n) is 5.59. The highest BCUT2D eigenvalue weighted by Crippen LogP contribution is 2.20. The number of hydrogen-bond acceptors (Lipinski definition) is 5. The molecule has 138 valence electrons. The number of rotatable bonds is 5. The number of nitrogens with zero attached hydrogens (tertiary/aromatic N) is 2. The molecule has 0 fully saturated rings. The third-order valence-corrected chi connectivity index (χ3v) is 4.85. The van der Waals surface area contributed by atoms with Gasteiger partial charge in [0.05, 0.1) is 6.54 Å². The van der Waals surface area contributed by atoms with Gasteiger partial charge in [-0.3, -0.25) is 4.79 Å². The molecule has 0 spiro atoms. The van der Waals surface area contributed by atoms with Gasteiger partial charge in [-0.15, -0.1) is 10.2 Å². The van der Waals surface area contributed by atoms with Crippen LogP contribution in [0.5, 0.6) is 0 Å². The first kappa shape index (κ1) is 18.8. The smallest absolute Gasteiger partial charge is 0.319 e. The predicted octanol–water partition coefficient (Wildman–Crippen LogP) is 4.07. The third kappa shape index (κ3) is 5.25. The number of aryl methyl sites for hydroxylation is 1. The molecule has 0 saturated heterocycles. The second-order valence-corrected chi connectivity index (χ2v) is 7.06. The molecule has 3 aromatic rings. The lowest BCUT2D eigenvalue weighted by Crippen LogP contribution is -2.28. The second kappa shape index (κ2) is 8.61. The summed E-state index contributed by atoms with van der Waals surface area (Å²) in [5.41, 5.74) is 2.19. The van der Waals surface area contributed by atoms with Crippen molar-refractivity contribution in [1.29, 1.82) is 0 Å². The van der Waals surface area contributed by atoms with Gasteiger partial charge in [0.25, 0.3) is 5.91 Å². The SMILES string of the molecule is Cc1ccc(NC(=O)NCc2nnc(C(=O)Nc3ccccc3)s2)cc1Cl. The number of para-hydroxylation sites is 1. The van der Waals surface area contributed by atoms with Crippen LogP contribution in [-0.4, -0.2) is 22.1 Å². The molecule has 0 aliphatic rings. The molecular formula is C18H16ClN5O2S. The van der Waals surface area contributed by atoms with Crippen LogP contribution in [0, 0.1) is 6.92 Å². The number of nitrogens with one attached hydrogen (secondary N) is 3. The molecule has 3 rings (SSSR count). The molecule has 9 heteroatoms. The number of aromatic nitrogens is 2. The molecule has 3 N–H and O–H groups in total. The van der Waals surface area contributed by atoms with Crippen molar-refractivity contribution in [2.75, 3.05) is 10.6 Å². The van der Waals surface area contributed by atoms with Crippen LogP contribution in [0.25, 0.3) is 0 Å². The number of carbonyl (C=O) groups is 2. The van der Waals surface area contributed by atoms with Crippen LogP contribution in [0.4, 0.5) is 16.2 Å². The van der Waals surface area contributed by atoms with Gasteiger partial charge >= 0.3 is 6.03 Å². The van der Waals surface area contributed by atoms with Crippen molar-refractivity contribution < 1.29 is 9.59 Å². The van der Waals surface area contributed by atoms with Gasteiger partial charge in [0, 0.05) is 16.4 Å². The summed E-state index contributed by atoms with van der Waals surface area (Å²) in [6, 6.07) is 13.9. The molecular weight excluding hydrogens is 386 g/mol. The Bertz CT molecular complexity index is 961. The Balaban J connectivity index is 1.52. The van der Waals surface area contributed by atoms with Crippen molar-refractivity contribution >= 4 is 46.3 Å². The maximum Gasteiger partial charge on any atom is 0.319 e. The van der Waals surface area contributed by atoms with E-state index in [-0.39, 0.29) is 17.5 Å². The van der Waals surface area contributed by atoms with Crippen LogP contribution < -0.4 is 16.0 Å². The number of carbonyl (C=O) groups excluding carboxylic acids is 2. The highest BCUT2D eigenvalue weighted by Gasteiger charge is 2.13. The average Bonchev–Trinajstić information content (AvgIpc) is 3.13. The van der Waals surface area contributed by atoms with Crippen LogP contribution in [-0.2, 0) is 6.54 Å². The molecule has 0 radical (unpaired) electrons. The fourth-order valence-corrected chi connectivity index (χ4v) is 2.98. The average molecular weight is 402 g/mol. The Kier molecular flexibility index (Phi) is 6.00. The minimum Gasteiger partial charge on any atom is -0.331 e. The standard InChI is InChI=1S/C18H16ClN5O2S/c1-11-7-8-13(9-14(11)19)22-18(26)20-10-15-23-24-17(27-15)16(25)21-12-5-3-2-4-6-12/h2-9H,10H2,1H3,(H,21,25)(H2,20,22,26). The van der Waals surface area contributed by atoms with Gasteiger partial charge in [0.2, 0.25) is 5.01 Å². The first-order chi connectivity index (χ1) is 13.0. The monoisotopic (exact) mass is 401 g/mol. The fraction of sp³-hybridized carbons (Fsp3) is 0.111. The van der Waals surface area contributed by atoms with E-state index in [2.05, 4.69) is 26.1 Å². The zero-order valence-corrected chi connectivity index (χ0v) is 15.9. The molecule has 0 aliphatic carbocycles. The maximum absolute atomic E-state index is 12.2. The van der Waals surface area contributed by atoms with Crippen LogP contribution in [0.2, 0.25) is 5.02 Å². The lowest BCUT2D eigenvalue weighted by Gasteiger charge is -2.07. The molecule has 0 aliphatic heterocycles. The minimum atomic E-state index is -0.402. The van der Waals surface area contributed by atoms with Crippen molar-refractivity contribution in [3.63, 3.8) is 0 Å². The normalized spacial score (nSPS) is 10.3. The number of anilines is 2. The number of halogens is 1. The van der Waals surface area contributed by atoms with Crippen molar-refractivity contribution in [3.05, 3.63) is 69.1 Å². The summed E-state index contributed by atoms with van der Waals surface area (Å²) in [4.78, 5) is 24.1. The van der Waals surface area contributed by atoms with Crippen LogP contribution in [0.1, 0.15) is 20.4 Å². The number of benzene rings is 2. The molecule has 7 nitrogen and oxygen atoms in total. The number of hydrogen-bond donors (Lipinski definition) is 3. The van der Waals surface area contributed by atoms with Gasteiger partial charge in [-0.2, -0.15) is 0 Å². The molecule has 1 aromatic heterocycles. The van der Waals surface area contributed by atoms with E-state index in [1.165, 1.54) is 0 Å². The van der Waals surface area contributed by atoms with Gasteiger partial charge in [-0.25, -0.2) is 4.79 Å². The van der Waals surface area contributed by atoms with Crippen LogP contribution >= 0.6 is 22.9 Å². The maximum atomic E-state index is 12.2. The van der Waals surface area contributed by atoms with E-state index >= 15 is 0 Å². The summed E-state index contributed by atoms with van der Waals surface area (Å²) >= 11 is 7.15. The molecule has 2 aromatic carbocycles. The summed E-state index contributed by atoms with van der Waals surface area (Å²) in [6.07, 6.45) is 0. The van der Waals surface area contributed by atoms with Gasteiger partial charge in [0.1, 0.15) is 5.01 Å². The Morgan fingerprint density at radius 1 is 1.04 bits per heavy atom. The number of urea groups is 1. The van der Waals surface area contributed by atoms with Gasteiger partial charge < -0.3 is 16.0 Å². The lowest BCUT2D eigenvalue weighted by molar-refractivity contribution is 0.102. The zero-order valence-electron chi connectivity index (χ0n) is 14.3. The summed E-state index contributed by atoms with van der Waals surface area (Å²) in [7, 11) is 0. The first-order valence-corrected chi connectivity index (χ1v) is 9.20. The fourth-order valence-electron chi connectivity index (χ4n) is 2.12. The number of amides is 3. The Morgan fingerprint density at radius 3 is 2.56 bits per heavy atom. The van der Waals surface area contributed by atoms with Crippen molar-refractivity contribution in [1.82, 2.24) is 15.5 Å². The Morgan fingerprint density at radius 2 is 1.81 bits per heavy atom. The highest BCUT2D eigenvalue weighted by atomic mass is 35.5. The third-order valence-electron chi connectivity index (χ3n) is 3.52. The molecule has 0 saturated carbocycles. The minimum absolute atomic E-state index is 0.154. The lowest BCUT2D eigenvalue weighted by atomic mass is 10.2. The van der Waals surface area contributed by atoms with E-state index in [1.54, 1.807) is 24.3 Å². The van der Waals surface area contributed by atoms with E-state index in [0.717, 1.165) is 16.9 Å². The molecule has 1 heterocycles. The Hall–Kier alpha value is -2.97. The van der Waals surface area contributed by atoms with Crippen LogP contribution in [0.3, 0.4) is 0 Å².